The van der Waals surface area contributed by atoms with Crippen LogP contribution in [0.15, 0.2) is 0 Å². The maximum absolute atomic E-state index is 12.1. The highest BCUT2D eigenvalue weighted by molar-refractivity contribution is 7.89. The standard InChI is InChI=1S/C13H26N2O2S/c1-3-4-11-18(16,17)15-9-7-14(8-10-15)12(2)13-5-6-13/h12-13H,3-11H2,1-2H3. The van der Waals surface area contributed by atoms with Crippen molar-refractivity contribution in [3.05, 3.63) is 0 Å². The van der Waals surface area contributed by atoms with E-state index in [4.69, 9.17) is 0 Å². The van der Waals surface area contributed by atoms with E-state index in [2.05, 4.69) is 11.8 Å². The Morgan fingerprint density at radius 2 is 1.78 bits per heavy atom. The van der Waals surface area contributed by atoms with Gasteiger partial charge in [-0.1, -0.05) is 13.3 Å². The maximum atomic E-state index is 12.1. The molecule has 0 aromatic rings. The Bertz CT molecular complexity index is 357. The van der Waals surface area contributed by atoms with Gasteiger partial charge in [-0.2, -0.15) is 4.31 Å². The lowest BCUT2D eigenvalue weighted by molar-refractivity contribution is 0.133. The monoisotopic (exact) mass is 274 g/mol. The van der Waals surface area contributed by atoms with Gasteiger partial charge in [-0.25, -0.2) is 8.42 Å². The van der Waals surface area contributed by atoms with Crippen molar-refractivity contribution in [2.24, 2.45) is 5.92 Å². The van der Waals surface area contributed by atoms with E-state index in [1.807, 2.05) is 6.92 Å². The molecule has 0 amide bonds. The van der Waals surface area contributed by atoms with E-state index in [0.29, 0.717) is 24.9 Å². The molecular weight excluding hydrogens is 248 g/mol. The van der Waals surface area contributed by atoms with Gasteiger partial charge in [0, 0.05) is 32.2 Å². The van der Waals surface area contributed by atoms with Crippen LogP contribution >= 0.6 is 0 Å². The summed E-state index contributed by atoms with van der Waals surface area (Å²) < 4.78 is 25.8. The van der Waals surface area contributed by atoms with Crippen LogP contribution in [-0.4, -0.2) is 55.6 Å². The molecule has 1 unspecified atom stereocenters. The summed E-state index contributed by atoms with van der Waals surface area (Å²) in [5.41, 5.74) is 0. The Morgan fingerprint density at radius 3 is 2.28 bits per heavy atom. The summed E-state index contributed by atoms with van der Waals surface area (Å²) in [6.07, 6.45) is 4.44. The van der Waals surface area contributed by atoms with E-state index in [1.165, 1.54) is 12.8 Å². The normalized spacial score (nSPS) is 25.2. The first-order valence-electron chi connectivity index (χ1n) is 7.26. The third-order valence-corrected chi connectivity index (χ3v) is 6.26. The number of rotatable bonds is 6. The first kappa shape index (κ1) is 14.3. The summed E-state index contributed by atoms with van der Waals surface area (Å²) in [4.78, 5) is 2.46. The molecule has 0 bridgehead atoms. The van der Waals surface area contributed by atoms with Crippen molar-refractivity contribution in [1.82, 2.24) is 9.21 Å². The zero-order valence-electron chi connectivity index (χ0n) is 11.6. The van der Waals surface area contributed by atoms with Crippen molar-refractivity contribution in [2.75, 3.05) is 31.9 Å². The zero-order chi connectivity index (χ0) is 13.2. The number of unbranched alkanes of at least 4 members (excludes halogenated alkanes) is 1. The molecule has 2 aliphatic rings. The van der Waals surface area contributed by atoms with Gasteiger partial charge in [-0.05, 0) is 32.1 Å². The number of sulfonamides is 1. The number of nitrogens with zero attached hydrogens (tertiary/aromatic N) is 2. The quantitative estimate of drug-likeness (QED) is 0.737. The highest BCUT2D eigenvalue weighted by Crippen LogP contribution is 2.35. The van der Waals surface area contributed by atoms with Gasteiger partial charge in [0.05, 0.1) is 5.75 Å². The first-order valence-corrected chi connectivity index (χ1v) is 8.87. The highest BCUT2D eigenvalue weighted by Gasteiger charge is 2.35. The molecule has 18 heavy (non-hydrogen) atoms. The van der Waals surface area contributed by atoms with Gasteiger partial charge >= 0.3 is 0 Å². The minimum absolute atomic E-state index is 0.321. The number of hydrogen-bond donors (Lipinski definition) is 0. The van der Waals surface area contributed by atoms with Crippen LogP contribution in [0.4, 0.5) is 0 Å². The van der Waals surface area contributed by atoms with Gasteiger partial charge in [-0.3, -0.25) is 4.90 Å². The molecule has 2 rings (SSSR count). The molecule has 0 aromatic carbocycles. The van der Waals surface area contributed by atoms with Crippen LogP contribution < -0.4 is 0 Å². The predicted molar refractivity (Wildman–Crippen MR) is 74.0 cm³/mol. The fourth-order valence-corrected chi connectivity index (χ4v) is 4.35. The Hall–Kier alpha value is -0.130. The highest BCUT2D eigenvalue weighted by atomic mass is 32.2. The van der Waals surface area contributed by atoms with Crippen molar-refractivity contribution < 1.29 is 8.42 Å². The third kappa shape index (κ3) is 3.45. The van der Waals surface area contributed by atoms with Crippen LogP contribution in [0.3, 0.4) is 0 Å². The van der Waals surface area contributed by atoms with Crippen LogP contribution in [0.5, 0.6) is 0 Å². The lowest BCUT2D eigenvalue weighted by Gasteiger charge is -2.37. The van der Waals surface area contributed by atoms with Crippen molar-refractivity contribution in [3.63, 3.8) is 0 Å². The number of piperazine rings is 1. The molecule has 1 atom stereocenters. The SMILES string of the molecule is CCCCS(=O)(=O)N1CCN(C(C)C2CC2)CC1. The number of hydrogen-bond acceptors (Lipinski definition) is 3. The fourth-order valence-electron chi connectivity index (χ4n) is 2.72. The Morgan fingerprint density at radius 1 is 1.17 bits per heavy atom. The molecule has 0 aromatic heterocycles. The first-order chi connectivity index (χ1) is 8.54. The van der Waals surface area contributed by atoms with Crippen LogP contribution in [0, 0.1) is 5.92 Å². The van der Waals surface area contributed by atoms with E-state index in [-0.39, 0.29) is 0 Å². The van der Waals surface area contributed by atoms with Crippen molar-refractivity contribution >= 4 is 10.0 Å². The van der Waals surface area contributed by atoms with Gasteiger partial charge in [0.2, 0.25) is 10.0 Å². The third-order valence-electron chi connectivity index (χ3n) is 4.30. The minimum atomic E-state index is -2.99. The second-order valence-corrected chi connectivity index (χ2v) is 7.77. The smallest absolute Gasteiger partial charge is 0.214 e. The van der Waals surface area contributed by atoms with Crippen LogP contribution in [-0.2, 0) is 10.0 Å². The van der Waals surface area contributed by atoms with E-state index in [9.17, 15) is 8.42 Å². The second-order valence-electron chi connectivity index (χ2n) is 5.68. The van der Waals surface area contributed by atoms with Crippen LogP contribution in [0.25, 0.3) is 0 Å². The van der Waals surface area contributed by atoms with Crippen LogP contribution in [0.1, 0.15) is 39.5 Å². The van der Waals surface area contributed by atoms with Gasteiger partial charge < -0.3 is 0 Å². The molecule has 1 saturated heterocycles. The van der Waals surface area contributed by atoms with E-state index < -0.39 is 10.0 Å². The summed E-state index contributed by atoms with van der Waals surface area (Å²) in [5.74, 6) is 1.19. The average molecular weight is 274 g/mol. The molecule has 4 nitrogen and oxygen atoms in total. The molecule has 1 aliphatic carbocycles. The molecule has 0 N–H and O–H groups in total. The largest absolute Gasteiger partial charge is 0.298 e. The van der Waals surface area contributed by atoms with Gasteiger partial charge in [0.15, 0.2) is 0 Å². The maximum Gasteiger partial charge on any atom is 0.214 e. The lowest BCUT2D eigenvalue weighted by Crippen LogP contribution is -2.52. The lowest BCUT2D eigenvalue weighted by atomic mass is 10.1. The zero-order valence-corrected chi connectivity index (χ0v) is 12.5. The summed E-state index contributed by atoms with van der Waals surface area (Å²) in [7, 11) is -2.99. The minimum Gasteiger partial charge on any atom is -0.298 e. The van der Waals surface area contributed by atoms with Gasteiger partial charge in [0.25, 0.3) is 0 Å². The molecular formula is C13H26N2O2S. The molecule has 1 heterocycles. The predicted octanol–water partition coefficient (Wildman–Crippen LogP) is 1.53. The average Bonchev–Trinajstić information content (AvgIpc) is 3.20. The second kappa shape index (κ2) is 5.88. The van der Waals surface area contributed by atoms with Crippen LogP contribution in [0.2, 0.25) is 0 Å². The van der Waals surface area contributed by atoms with Crippen molar-refractivity contribution in [2.45, 2.75) is 45.6 Å². The van der Waals surface area contributed by atoms with Crippen molar-refractivity contribution in [3.8, 4) is 0 Å². The van der Waals surface area contributed by atoms with Gasteiger partial charge in [-0.15, -0.1) is 0 Å². The Balaban J connectivity index is 1.82. The molecule has 106 valence electrons. The summed E-state index contributed by atoms with van der Waals surface area (Å²) >= 11 is 0. The van der Waals surface area contributed by atoms with E-state index in [1.54, 1.807) is 4.31 Å². The topological polar surface area (TPSA) is 40.6 Å². The Kier molecular flexibility index (Phi) is 4.67. The molecule has 1 saturated carbocycles. The molecule has 0 spiro atoms. The summed E-state index contributed by atoms with van der Waals surface area (Å²) in [6.45, 7) is 7.50. The molecule has 2 fully saturated rings. The van der Waals surface area contributed by atoms with Gasteiger partial charge in [0.1, 0.15) is 0 Å². The van der Waals surface area contributed by atoms with E-state index in [0.717, 1.165) is 31.8 Å². The van der Waals surface area contributed by atoms with E-state index >= 15 is 0 Å². The summed E-state index contributed by atoms with van der Waals surface area (Å²) in [6, 6.07) is 0.644. The summed E-state index contributed by atoms with van der Waals surface area (Å²) in [5, 5.41) is 0. The molecule has 0 radical (unpaired) electrons. The fraction of sp³-hybridized carbons (Fsp3) is 1.00. The molecule has 1 aliphatic heterocycles. The molecule has 5 heteroatoms. The Labute approximate surface area is 111 Å². The van der Waals surface area contributed by atoms with Crippen molar-refractivity contribution in [1.29, 1.82) is 0 Å².